The van der Waals surface area contributed by atoms with E-state index in [1.165, 1.54) is 0 Å². The number of nitrogens with zero attached hydrogens (tertiary/aromatic N) is 1. The van der Waals surface area contributed by atoms with E-state index in [4.69, 9.17) is 14.2 Å². The average molecular weight is 459 g/mol. The van der Waals surface area contributed by atoms with Crippen LogP contribution in [0.1, 0.15) is 21.5 Å². The number of hydrogen-bond acceptors (Lipinski definition) is 5. The lowest BCUT2D eigenvalue weighted by Gasteiger charge is -2.23. The number of pyridine rings is 1. The van der Waals surface area contributed by atoms with Crippen LogP contribution in [-0.2, 0) is 13.1 Å². The second-order valence-electron chi connectivity index (χ2n) is 7.81. The number of ether oxygens (including phenoxy) is 3. The lowest BCUT2D eigenvalue weighted by Crippen LogP contribution is -2.32. The number of benzene rings is 3. The Balaban J connectivity index is 1.69. The summed E-state index contributed by atoms with van der Waals surface area (Å²) in [6, 6.07) is 21.7. The molecule has 0 saturated heterocycles. The van der Waals surface area contributed by atoms with Crippen molar-refractivity contribution in [2.24, 2.45) is 0 Å². The van der Waals surface area contributed by atoms with Crippen molar-refractivity contribution in [1.82, 2.24) is 9.88 Å². The van der Waals surface area contributed by atoms with Crippen molar-refractivity contribution in [2.45, 2.75) is 13.1 Å². The van der Waals surface area contributed by atoms with Gasteiger partial charge in [-0.05, 0) is 66.2 Å². The fourth-order valence-corrected chi connectivity index (χ4v) is 3.75. The molecule has 0 aliphatic heterocycles. The van der Waals surface area contributed by atoms with Crippen molar-refractivity contribution >= 4 is 16.8 Å². The molecule has 0 bridgehead atoms. The molecule has 0 fully saturated rings. The van der Waals surface area contributed by atoms with E-state index in [9.17, 15) is 9.59 Å². The van der Waals surface area contributed by atoms with Gasteiger partial charge in [0.1, 0.15) is 17.2 Å². The number of rotatable bonds is 8. The minimum absolute atomic E-state index is 0.138. The number of methoxy groups -OCH3 is 3. The van der Waals surface area contributed by atoms with Gasteiger partial charge in [-0.15, -0.1) is 0 Å². The highest BCUT2D eigenvalue weighted by Crippen LogP contribution is 2.21. The molecule has 0 saturated carbocycles. The molecule has 3 aromatic carbocycles. The van der Waals surface area contributed by atoms with E-state index in [0.29, 0.717) is 34.7 Å². The molecule has 174 valence electrons. The SMILES string of the molecule is COc1ccc(CN(Cc2cc3cc(OC)ccc3[nH]c2=O)C(=O)c2ccc(OC)cc2)cc1. The zero-order chi connectivity index (χ0) is 24.1. The fraction of sp³-hybridized carbons (Fsp3) is 0.185. The van der Waals surface area contributed by atoms with Crippen LogP contribution in [-0.4, -0.2) is 37.1 Å². The van der Waals surface area contributed by atoms with Crippen molar-refractivity contribution < 1.29 is 19.0 Å². The normalized spacial score (nSPS) is 10.7. The maximum Gasteiger partial charge on any atom is 0.254 e. The predicted octanol–water partition coefficient (Wildman–Crippen LogP) is 4.40. The van der Waals surface area contributed by atoms with Gasteiger partial charge in [0.2, 0.25) is 0 Å². The Bertz CT molecular complexity index is 1340. The highest BCUT2D eigenvalue weighted by molar-refractivity contribution is 5.94. The van der Waals surface area contributed by atoms with Crippen molar-refractivity contribution in [2.75, 3.05) is 21.3 Å². The number of hydrogen-bond donors (Lipinski definition) is 1. The summed E-state index contributed by atoms with van der Waals surface area (Å²) < 4.78 is 15.8. The highest BCUT2D eigenvalue weighted by Gasteiger charge is 2.19. The lowest BCUT2D eigenvalue weighted by molar-refractivity contribution is 0.0729. The van der Waals surface area contributed by atoms with E-state index in [0.717, 1.165) is 16.7 Å². The molecule has 0 spiro atoms. The first-order valence-corrected chi connectivity index (χ1v) is 10.8. The van der Waals surface area contributed by atoms with Crippen molar-refractivity contribution in [3.63, 3.8) is 0 Å². The van der Waals surface area contributed by atoms with Gasteiger partial charge in [0.05, 0.1) is 27.9 Å². The molecule has 34 heavy (non-hydrogen) atoms. The largest absolute Gasteiger partial charge is 0.497 e. The predicted molar refractivity (Wildman–Crippen MR) is 131 cm³/mol. The van der Waals surface area contributed by atoms with E-state index in [2.05, 4.69) is 4.98 Å². The number of aromatic amines is 1. The molecular weight excluding hydrogens is 432 g/mol. The minimum Gasteiger partial charge on any atom is -0.497 e. The quantitative estimate of drug-likeness (QED) is 0.423. The topological polar surface area (TPSA) is 80.9 Å². The molecule has 0 radical (unpaired) electrons. The third kappa shape index (κ3) is 5.04. The number of aromatic nitrogens is 1. The summed E-state index contributed by atoms with van der Waals surface area (Å²) in [7, 11) is 4.78. The molecule has 1 aromatic heterocycles. The van der Waals surface area contributed by atoms with E-state index < -0.39 is 0 Å². The van der Waals surface area contributed by atoms with Crippen LogP contribution >= 0.6 is 0 Å². The number of amides is 1. The van der Waals surface area contributed by atoms with Gasteiger partial charge in [-0.2, -0.15) is 0 Å². The standard InChI is InChI=1S/C27H26N2O5/c1-32-22-8-4-18(5-9-22)16-29(27(31)19-6-10-23(33-2)11-7-19)17-21-14-20-15-24(34-3)12-13-25(20)28-26(21)30/h4-15H,16-17H2,1-3H3,(H,28,30). The van der Waals surface area contributed by atoms with Crippen LogP contribution < -0.4 is 19.8 Å². The minimum atomic E-state index is -0.236. The van der Waals surface area contributed by atoms with Crippen LogP contribution in [0.25, 0.3) is 10.9 Å². The molecule has 1 heterocycles. The Morgan fingerprint density at radius 3 is 1.97 bits per heavy atom. The Morgan fingerprint density at radius 1 is 0.765 bits per heavy atom. The van der Waals surface area contributed by atoms with Crippen LogP contribution in [0.2, 0.25) is 0 Å². The summed E-state index contributed by atoms with van der Waals surface area (Å²) >= 11 is 0. The van der Waals surface area contributed by atoms with Gasteiger partial charge in [-0.25, -0.2) is 0 Å². The zero-order valence-electron chi connectivity index (χ0n) is 19.3. The fourth-order valence-electron chi connectivity index (χ4n) is 3.75. The summed E-state index contributed by atoms with van der Waals surface area (Å²) in [5, 5.41) is 0.829. The third-order valence-electron chi connectivity index (χ3n) is 5.65. The Kier molecular flexibility index (Phi) is 6.82. The number of fused-ring (bicyclic) bond motifs is 1. The van der Waals surface area contributed by atoms with Gasteiger partial charge in [-0.1, -0.05) is 12.1 Å². The summed E-state index contributed by atoms with van der Waals surface area (Å²) in [4.78, 5) is 30.9. The monoisotopic (exact) mass is 458 g/mol. The van der Waals surface area contributed by atoms with E-state index in [-0.39, 0.29) is 18.0 Å². The molecule has 4 aromatic rings. The van der Waals surface area contributed by atoms with Crippen LogP contribution in [0.5, 0.6) is 17.2 Å². The second kappa shape index (κ2) is 10.1. The van der Waals surface area contributed by atoms with Crippen molar-refractivity contribution in [3.05, 3.63) is 99.8 Å². The van der Waals surface area contributed by atoms with Crippen molar-refractivity contribution in [1.29, 1.82) is 0 Å². The maximum absolute atomic E-state index is 13.5. The highest BCUT2D eigenvalue weighted by atomic mass is 16.5. The number of nitrogens with one attached hydrogen (secondary N) is 1. The first-order valence-electron chi connectivity index (χ1n) is 10.8. The molecule has 1 amide bonds. The summed E-state index contributed by atoms with van der Waals surface area (Å²) in [6.45, 7) is 0.462. The second-order valence-corrected chi connectivity index (χ2v) is 7.81. The first-order chi connectivity index (χ1) is 16.5. The third-order valence-corrected chi connectivity index (χ3v) is 5.65. The number of carbonyl (C=O) groups excluding carboxylic acids is 1. The Hall–Kier alpha value is -4.26. The van der Waals surface area contributed by atoms with Crippen LogP contribution in [0.15, 0.2) is 77.6 Å². The van der Waals surface area contributed by atoms with Gasteiger partial charge in [0, 0.05) is 28.6 Å². The van der Waals surface area contributed by atoms with Crippen LogP contribution in [0.4, 0.5) is 0 Å². The Morgan fingerprint density at radius 2 is 1.35 bits per heavy atom. The molecule has 0 aliphatic rings. The molecule has 7 heteroatoms. The molecule has 0 aliphatic carbocycles. The molecule has 0 unspecified atom stereocenters. The van der Waals surface area contributed by atoms with E-state index in [1.807, 2.05) is 30.3 Å². The summed E-state index contributed by atoms with van der Waals surface area (Å²) in [5.74, 6) is 1.90. The van der Waals surface area contributed by atoms with Gasteiger partial charge in [-0.3, -0.25) is 9.59 Å². The van der Waals surface area contributed by atoms with E-state index >= 15 is 0 Å². The lowest BCUT2D eigenvalue weighted by atomic mass is 10.1. The first kappa shape index (κ1) is 22.9. The van der Waals surface area contributed by atoms with Crippen LogP contribution in [0, 0.1) is 0 Å². The smallest absolute Gasteiger partial charge is 0.254 e. The number of H-pyrrole nitrogens is 1. The number of carbonyl (C=O) groups is 1. The molecule has 0 atom stereocenters. The van der Waals surface area contributed by atoms with Crippen molar-refractivity contribution in [3.8, 4) is 17.2 Å². The van der Waals surface area contributed by atoms with E-state index in [1.54, 1.807) is 68.7 Å². The van der Waals surface area contributed by atoms with Gasteiger partial charge >= 0.3 is 0 Å². The molecule has 7 nitrogen and oxygen atoms in total. The van der Waals surface area contributed by atoms with Gasteiger partial charge in [0.15, 0.2) is 0 Å². The van der Waals surface area contributed by atoms with Crippen LogP contribution in [0.3, 0.4) is 0 Å². The maximum atomic E-state index is 13.5. The molecule has 4 rings (SSSR count). The Labute approximate surface area is 197 Å². The summed E-state index contributed by atoms with van der Waals surface area (Å²) in [6.07, 6.45) is 0. The zero-order valence-corrected chi connectivity index (χ0v) is 19.3. The molecule has 1 N–H and O–H groups in total. The van der Waals surface area contributed by atoms with Gasteiger partial charge < -0.3 is 24.1 Å². The van der Waals surface area contributed by atoms with Gasteiger partial charge in [0.25, 0.3) is 11.5 Å². The molecular formula is C27H26N2O5. The summed E-state index contributed by atoms with van der Waals surface area (Å²) in [5.41, 5.74) is 2.38. The average Bonchev–Trinajstić information content (AvgIpc) is 2.88.